The van der Waals surface area contributed by atoms with Crippen molar-refractivity contribution in [3.05, 3.63) is 23.8 Å². The number of alkyl halides is 4. The molecule has 0 aromatic heterocycles. The van der Waals surface area contributed by atoms with Gasteiger partial charge in [0.25, 0.3) is 0 Å². The highest BCUT2D eigenvalue weighted by atomic mass is 35.5. The molecule has 0 aliphatic carbocycles. The molecule has 0 saturated carbocycles. The lowest BCUT2D eigenvalue weighted by molar-refractivity contribution is -0.139. The van der Waals surface area contributed by atoms with Gasteiger partial charge in [-0.1, -0.05) is 6.07 Å². The minimum Gasteiger partial charge on any atom is -0.489 e. The fourth-order valence-electron chi connectivity index (χ4n) is 1.80. The molecule has 0 bridgehead atoms. The molecule has 1 amide bonds. The average Bonchev–Trinajstić information content (AvgIpc) is 2.35. The molecule has 7 heteroatoms. The topological polar surface area (TPSA) is 29.5 Å². The third-order valence-corrected chi connectivity index (χ3v) is 2.80. The van der Waals surface area contributed by atoms with Crippen LogP contribution in [0.5, 0.6) is 5.75 Å². The zero-order valence-corrected chi connectivity index (χ0v) is 9.88. The normalized spacial score (nSPS) is 15.0. The van der Waals surface area contributed by atoms with Gasteiger partial charge in [0.15, 0.2) is 5.75 Å². The molecule has 1 aliphatic rings. The van der Waals surface area contributed by atoms with E-state index in [1.165, 1.54) is 17.0 Å². The molecule has 98 valence electrons. The molecule has 2 rings (SSSR count). The van der Waals surface area contributed by atoms with Crippen LogP contribution in [0.1, 0.15) is 5.56 Å². The quantitative estimate of drug-likeness (QED) is 0.740. The van der Waals surface area contributed by atoms with Gasteiger partial charge < -0.3 is 9.64 Å². The van der Waals surface area contributed by atoms with Gasteiger partial charge in [0.1, 0.15) is 12.5 Å². The van der Waals surface area contributed by atoms with Crippen molar-refractivity contribution in [2.75, 3.05) is 23.9 Å². The zero-order valence-electron chi connectivity index (χ0n) is 9.13. The summed E-state index contributed by atoms with van der Waals surface area (Å²) in [5, 5.41) is 0. The second kappa shape index (κ2) is 4.68. The van der Waals surface area contributed by atoms with Crippen molar-refractivity contribution in [3.63, 3.8) is 0 Å². The van der Waals surface area contributed by atoms with Crippen LogP contribution in [0.15, 0.2) is 18.2 Å². The second-order valence-corrected chi connectivity index (χ2v) is 3.95. The Balaban J connectivity index is 2.50. The van der Waals surface area contributed by atoms with Gasteiger partial charge >= 0.3 is 6.18 Å². The Bertz CT molecular complexity index is 476. The number of nitrogens with zero attached hydrogens (tertiary/aromatic N) is 1. The van der Waals surface area contributed by atoms with Crippen LogP contribution in [0.2, 0.25) is 0 Å². The standard InChI is InChI=1S/C11H9ClF3NO2/c12-6-9(17)16-4-5-18-10-7(11(13,14)15)2-1-3-8(10)16/h1-3H,4-6H2. The van der Waals surface area contributed by atoms with Gasteiger partial charge in [-0.05, 0) is 12.1 Å². The third-order valence-electron chi connectivity index (χ3n) is 2.57. The molecule has 0 saturated heterocycles. The number of hydrogen-bond acceptors (Lipinski definition) is 2. The van der Waals surface area contributed by atoms with E-state index in [2.05, 4.69) is 0 Å². The average molecular weight is 280 g/mol. The Morgan fingerprint density at radius 2 is 2.17 bits per heavy atom. The Labute approximate surface area is 106 Å². The van der Waals surface area contributed by atoms with Crippen molar-refractivity contribution < 1.29 is 22.7 Å². The van der Waals surface area contributed by atoms with Gasteiger partial charge in [-0.25, -0.2) is 0 Å². The van der Waals surface area contributed by atoms with E-state index in [1.807, 2.05) is 0 Å². The van der Waals surface area contributed by atoms with E-state index in [1.54, 1.807) is 0 Å². The minimum atomic E-state index is -4.52. The molecule has 1 aliphatic heterocycles. The summed E-state index contributed by atoms with van der Waals surface area (Å²) in [6.07, 6.45) is -4.52. The molecule has 18 heavy (non-hydrogen) atoms. The Morgan fingerprint density at radius 1 is 1.44 bits per heavy atom. The molecule has 0 fully saturated rings. The van der Waals surface area contributed by atoms with Gasteiger partial charge in [0.2, 0.25) is 5.91 Å². The largest absolute Gasteiger partial charge is 0.489 e. The van der Waals surface area contributed by atoms with Crippen LogP contribution in [-0.2, 0) is 11.0 Å². The molecule has 0 radical (unpaired) electrons. The second-order valence-electron chi connectivity index (χ2n) is 3.68. The molecule has 1 aromatic rings. The van der Waals surface area contributed by atoms with Crippen molar-refractivity contribution in [2.45, 2.75) is 6.18 Å². The first kappa shape index (κ1) is 13.0. The zero-order chi connectivity index (χ0) is 13.3. The molecule has 1 aromatic carbocycles. The number of benzene rings is 1. The first-order chi connectivity index (χ1) is 8.45. The smallest absolute Gasteiger partial charge is 0.420 e. The number of anilines is 1. The Kier molecular flexibility index (Phi) is 3.38. The van der Waals surface area contributed by atoms with Crippen LogP contribution in [0, 0.1) is 0 Å². The lowest BCUT2D eigenvalue weighted by Gasteiger charge is -2.30. The van der Waals surface area contributed by atoms with E-state index >= 15 is 0 Å². The van der Waals surface area contributed by atoms with Gasteiger partial charge in [-0.3, -0.25) is 4.79 Å². The van der Waals surface area contributed by atoms with Crippen LogP contribution in [0.25, 0.3) is 0 Å². The fourth-order valence-corrected chi connectivity index (χ4v) is 1.95. The number of rotatable bonds is 1. The van der Waals surface area contributed by atoms with Crippen molar-refractivity contribution >= 4 is 23.2 Å². The van der Waals surface area contributed by atoms with Gasteiger partial charge in [-0.2, -0.15) is 13.2 Å². The van der Waals surface area contributed by atoms with Crippen LogP contribution in [0.3, 0.4) is 0 Å². The first-order valence-electron chi connectivity index (χ1n) is 5.14. The van der Waals surface area contributed by atoms with E-state index in [0.29, 0.717) is 0 Å². The predicted octanol–water partition coefficient (Wildman–Crippen LogP) is 2.67. The molecule has 1 heterocycles. The molecule has 3 nitrogen and oxygen atoms in total. The van der Waals surface area contributed by atoms with Crippen molar-refractivity contribution in [3.8, 4) is 5.75 Å². The summed E-state index contributed by atoms with van der Waals surface area (Å²) < 4.78 is 43.4. The summed E-state index contributed by atoms with van der Waals surface area (Å²) in [7, 11) is 0. The number of amides is 1. The van der Waals surface area contributed by atoms with E-state index in [4.69, 9.17) is 16.3 Å². The van der Waals surface area contributed by atoms with E-state index < -0.39 is 17.6 Å². The number of carbonyl (C=O) groups is 1. The number of para-hydroxylation sites is 1. The van der Waals surface area contributed by atoms with Crippen molar-refractivity contribution in [1.29, 1.82) is 0 Å². The number of fused-ring (bicyclic) bond motifs is 1. The number of hydrogen-bond donors (Lipinski definition) is 0. The lowest BCUT2D eigenvalue weighted by Crippen LogP contribution is -2.39. The van der Waals surface area contributed by atoms with Gasteiger partial charge in [0.05, 0.1) is 17.8 Å². The molecule has 0 spiro atoms. The summed E-state index contributed by atoms with van der Waals surface area (Å²) in [5.74, 6) is -1.04. The summed E-state index contributed by atoms with van der Waals surface area (Å²) in [6, 6.07) is 3.58. The Morgan fingerprint density at radius 3 is 2.78 bits per heavy atom. The van der Waals surface area contributed by atoms with E-state index in [9.17, 15) is 18.0 Å². The molecular weight excluding hydrogens is 271 g/mol. The maximum Gasteiger partial charge on any atom is 0.420 e. The van der Waals surface area contributed by atoms with Crippen LogP contribution in [0.4, 0.5) is 18.9 Å². The van der Waals surface area contributed by atoms with E-state index in [-0.39, 0.29) is 30.5 Å². The van der Waals surface area contributed by atoms with Crippen LogP contribution in [-0.4, -0.2) is 24.9 Å². The lowest BCUT2D eigenvalue weighted by atomic mass is 10.1. The summed E-state index contributed by atoms with van der Waals surface area (Å²) in [6.45, 7) is 0.211. The first-order valence-corrected chi connectivity index (χ1v) is 5.68. The molecule has 0 unspecified atom stereocenters. The van der Waals surface area contributed by atoms with Gasteiger partial charge in [0, 0.05) is 0 Å². The highest BCUT2D eigenvalue weighted by Gasteiger charge is 2.37. The third kappa shape index (κ3) is 2.25. The predicted molar refractivity (Wildman–Crippen MR) is 60.0 cm³/mol. The highest BCUT2D eigenvalue weighted by molar-refractivity contribution is 6.29. The number of halogens is 4. The summed E-state index contributed by atoms with van der Waals surface area (Å²) in [4.78, 5) is 12.8. The minimum absolute atomic E-state index is 0.0166. The SMILES string of the molecule is O=C(CCl)N1CCOc2c1cccc2C(F)(F)F. The highest BCUT2D eigenvalue weighted by Crippen LogP contribution is 2.43. The molecule has 0 N–H and O–H groups in total. The fraction of sp³-hybridized carbons (Fsp3) is 0.364. The van der Waals surface area contributed by atoms with Crippen molar-refractivity contribution in [2.24, 2.45) is 0 Å². The van der Waals surface area contributed by atoms with Crippen LogP contribution >= 0.6 is 11.6 Å². The molecular formula is C11H9ClF3NO2. The Hall–Kier alpha value is -1.43. The maximum atomic E-state index is 12.8. The summed E-state index contributed by atoms with van der Waals surface area (Å²) >= 11 is 5.43. The van der Waals surface area contributed by atoms with Crippen LogP contribution < -0.4 is 9.64 Å². The molecule has 0 atom stereocenters. The monoisotopic (exact) mass is 279 g/mol. The van der Waals surface area contributed by atoms with Crippen molar-refractivity contribution in [1.82, 2.24) is 0 Å². The number of ether oxygens (including phenoxy) is 1. The summed E-state index contributed by atoms with van der Waals surface area (Å²) in [5.41, 5.74) is -0.770. The maximum absolute atomic E-state index is 12.8. The van der Waals surface area contributed by atoms with E-state index in [0.717, 1.165) is 6.07 Å². The number of carbonyl (C=O) groups excluding carboxylic acids is 1. The van der Waals surface area contributed by atoms with Gasteiger partial charge in [-0.15, -0.1) is 11.6 Å².